The van der Waals surface area contributed by atoms with Crippen LogP contribution in [0.15, 0.2) is 0 Å². The number of rotatable bonds is 4. The number of alkyl halides is 1. The molecule has 8 heteroatoms. The fourth-order valence-corrected chi connectivity index (χ4v) is 8.37. The summed E-state index contributed by atoms with van der Waals surface area (Å²) < 4.78 is 14.0. The Kier molecular flexibility index (Phi) is 7.58. The van der Waals surface area contributed by atoms with Crippen molar-refractivity contribution in [3.05, 3.63) is 0 Å². The fraction of sp³-hybridized carbons (Fsp3) is 1.00. The molecule has 1 saturated carbocycles. The minimum Gasteiger partial charge on any atom is -0.387 e. The Hall–Kier alpha value is 0.01000. The van der Waals surface area contributed by atoms with Crippen LogP contribution < -0.4 is 0 Å². The minimum atomic E-state index is -0.922. The van der Waals surface area contributed by atoms with E-state index in [0.717, 1.165) is 69.2 Å². The van der Waals surface area contributed by atoms with Gasteiger partial charge in [0.15, 0.2) is 0 Å². The molecule has 2 N–H and O–H groups in total. The second-order valence-electron chi connectivity index (χ2n) is 12.4. The van der Waals surface area contributed by atoms with Crippen molar-refractivity contribution in [2.24, 2.45) is 17.8 Å². The summed E-state index contributed by atoms with van der Waals surface area (Å²) in [5.74, 6) is 1.39. The maximum absolute atomic E-state index is 11.3. The van der Waals surface area contributed by atoms with Gasteiger partial charge in [0.2, 0.25) is 0 Å². The summed E-state index contributed by atoms with van der Waals surface area (Å²) in [6.07, 6.45) is 4.68. The van der Waals surface area contributed by atoms with Crippen molar-refractivity contribution < 1.29 is 24.2 Å². The van der Waals surface area contributed by atoms with E-state index in [2.05, 4.69) is 37.7 Å². The summed E-state index contributed by atoms with van der Waals surface area (Å²) in [6, 6.07) is 0.541. The highest BCUT2D eigenvalue weighted by atomic mass is 35.5. The molecule has 4 aliphatic heterocycles. The van der Waals surface area contributed by atoms with Gasteiger partial charge in [-0.15, -0.1) is 11.6 Å². The zero-order chi connectivity index (χ0) is 24.2. The summed E-state index contributed by atoms with van der Waals surface area (Å²) >= 11 is 6.52. The number of aliphatic hydroxyl groups is 2. The van der Waals surface area contributed by atoms with Crippen LogP contribution in [0.5, 0.6) is 0 Å². The smallest absolute Gasteiger partial charge is 0.141 e. The molecular formula is C26H47ClN3O4+. The van der Waals surface area contributed by atoms with Gasteiger partial charge in [-0.05, 0) is 63.7 Å². The predicted molar refractivity (Wildman–Crippen MR) is 132 cm³/mol. The monoisotopic (exact) mass is 500 g/mol. The van der Waals surface area contributed by atoms with Gasteiger partial charge in [0.05, 0.1) is 32.4 Å². The van der Waals surface area contributed by atoms with Crippen molar-refractivity contribution in [1.29, 1.82) is 0 Å². The SMILES string of the molecule is CCCN1C[N+](C)(C)C(C)C2CCN([C@@H]3O[C@H]([C@@H]4OCCCC5CC(Cl)CCC54)[C@@H](O)[C@H]3O)C21. The first-order valence-electron chi connectivity index (χ1n) is 13.8. The molecule has 5 rings (SSSR count). The quantitative estimate of drug-likeness (QED) is 0.456. The van der Waals surface area contributed by atoms with Gasteiger partial charge in [-0.2, -0.15) is 0 Å². The third-order valence-electron chi connectivity index (χ3n) is 9.95. The molecule has 5 fully saturated rings. The highest BCUT2D eigenvalue weighted by Gasteiger charge is 2.58. The van der Waals surface area contributed by atoms with Crippen molar-refractivity contribution in [1.82, 2.24) is 9.80 Å². The van der Waals surface area contributed by atoms with Crippen molar-refractivity contribution in [2.75, 3.05) is 40.5 Å². The number of ether oxygens (including phenoxy) is 2. The van der Waals surface area contributed by atoms with Crippen molar-refractivity contribution in [3.8, 4) is 0 Å². The Labute approximate surface area is 210 Å². The molecule has 0 bridgehead atoms. The van der Waals surface area contributed by atoms with E-state index in [1.807, 2.05) is 0 Å². The molecule has 0 amide bonds. The number of aliphatic hydroxyl groups excluding tert-OH is 2. The maximum atomic E-state index is 11.3. The lowest BCUT2D eigenvalue weighted by Gasteiger charge is -2.53. The molecule has 0 aromatic rings. The summed E-state index contributed by atoms with van der Waals surface area (Å²) in [5, 5.41) is 22.8. The Balaban J connectivity index is 1.36. The van der Waals surface area contributed by atoms with E-state index in [0.29, 0.717) is 30.4 Å². The lowest BCUT2D eigenvalue weighted by molar-refractivity contribution is -0.935. The van der Waals surface area contributed by atoms with E-state index in [1.165, 1.54) is 0 Å². The normalized spacial score (nSPS) is 50.0. The summed E-state index contributed by atoms with van der Waals surface area (Å²) in [6.45, 7) is 8.24. The molecule has 0 aromatic carbocycles. The first-order chi connectivity index (χ1) is 16.2. The van der Waals surface area contributed by atoms with E-state index < -0.39 is 24.5 Å². The molecule has 7 nitrogen and oxygen atoms in total. The number of likely N-dealkylation sites (tertiary alicyclic amines) is 1. The largest absolute Gasteiger partial charge is 0.387 e. The summed E-state index contributed by atoms with van der Waals surface area (Å²) in [5.41, 5.74) is 0. The minimum absolute atomic E-state index is 0.169. The second-order valence-corrected chi connectivity index (χ2v) is 13.0. The average Bonchev–Trinajstić information content (AvgIpc) is 3.27. The predicted octanol–water partition coefficient (Wildman–Crippen LogP) is 2.43. The van der Waals surface area contributed by atoms with E-state index in [1.54, 1.807) is 0 Å². The van der Waals surface area contributed by atoms with Crippen molar-refractivity contribution in [3.63, 3.8) is 0 Å². The molecule has 0 aromatic heterocycles. The van der Waals surface area contributed by atoms with Crippen molar-refractivity contribution in [2.45, 2.75) is 107 Å². The molecule has 0 spiro atoms. The van der Waals surface area contributed by atoms with Crippen LogP contribution in [0.1, 0.15) is 58.8 Å². The number of hydrogen-bond donors (Lipinski definition) is 2. The van der Waals surface area contributed by atoms with E-state index in [4.69, 9.17) is 21.1 Å². The molecule has 5 aliphatic rings. The Morgan fingerprint density at radius 3 is 2.59 bits per heavy atom. The van der Waals surface area contributed by atoms with Gasteiger partial charge in [0.1, 0.15) is 31.2 Å². The third kappa shape index (κ3) is 4.47. The van der Waals surface area contributed by atoms with E-state index in [-0.39, 0.29) is 17.6 Å². The van der Waals surface area contributed by atoms with Crippen LogP contribution in [0.2, 0.25) is 0 Å². The second kappa shape index (κ2) is 10.1. The molecular weight excluding hydrogens is 454 g/mol. The molecule has 34 heavy (non-hydrogen) atoms. The number of hydrogen-bond acceptors (Lipinski definition) is 6. The van der Waals surface area contributed by atoms with Gasteiger partial charge in [-0.3, -0.25) is 4.90 Å². The number of quaternary nitrogens is 1. The van der Waals surface area contributed by atoms with Crippen molar-refractivity contribution >= 4 is 11.6 Å². The van der Waals surface area contributed by atoms with Crippen LogP contribution in [-0.2, 0) is 9.47 Å². The lowest BCUT2D eigenvalue weighted by atomic mass is 9.73. The van der Waals surface area contributed by atoms with Gasteiger partial charge in [0, 0.05) is 31.0 Å². The highest BCUT2D eigenvalue weighted by molar-refractivity contribution is 6.20. The van der Waals surface area contributed by atoms with Crippen LogP contribution in [0, 0.1) is 17.8 Å². The Morgan fingerprint density at radius 2 is 1.82 bits per heavy atom. The van der Waals surface area contributed by atoms with Crippen LogP contribution in [-0.4, -0.2) is 113 Å². The summed E-state index contributed by atoms with van der Waals surface area (Å²) in [7, 11) is 4.67. The van der Waals surface area contributed by atoms with Gasteiger partial charge < -0.3 is 24.2 Å². The van der Waals surface area contributed by atoms with Gasteiger partial charge in [-0.25, -0.2) is 4.90 Å². The van der Waals surface area contributed by atoms with Crippen LogP contribution in [0.4, 0.5) is 0 Å². The Morgan fingerprint density at radius 1 is 1.03 bits per heavy atom. The Bertz CT molecular complexity index is 714. The standard InChI is InChI=1S/C26H47ClN3O4/c1-5-11-28-15-30(3,4)16(2)19-10-12-29(25(19)28)26-22(32)21(31)24(34-26)23-20-9-8-18(27)14-17(20)7-6-13-33-23/h16-26,31-32H,5-15H2,1-4H3/q+1/t16?,17?,18?,19?,20?,21-,22+,23+,24-,25?,26+/m0/s1. The topological polar surface area (TPSA) is 65.4 Å². The lowest BCUT2D eigenvalue weighted by Crippen LogP contribution is -2.69. The van der Waals surface area contributed by atoms with Gasteiger partial charge in [-0.1, -0.05) is 6.92 Å². The number of fused-ring (bicyclic) bond motifs is 2. The molecule has 196 valence electrons. The highest BCUT2D eigenvalue weighted by Crippen LogP contribution is 2.45. The van der Waals surface area contributed by atoms with E-state index >= 15 is 0 Å². The molecule has 11 atom stereocenters. The van der Waals surface area contributed by atoms with Crippen LogP contribution >= 0.6 is 11.6 Å². The zero-order valence-electron chi connectivity index (χ0n) is 21.6. The number of nitrogens with zero attached hydrogens (tertiary/aromatic N) is 3. The molecule has 0 radical (unpaired) electrons. The van der Waals surface area contributed by atoms with Gasteiger partial charge >= 0.3 is 0 Å². The first-order valence-corrected chi connectivity index (χ1v) is 14.3. The zero-order valence-corrected chi connectivity index (χ0v) is 22.3. The summed E-state index contributed by atoms with van der Waals surface area (Å²) in [4.78, 5) is 4.96. The number of halogens is 1. The molecule has 4 saturated heterocycles. The molecule has 4 heterocycles. The first kappa shape index (κ1) is 25.7. The molecule has 1 aliphatic carbocycles. The third-order valence-corrected chi connectivity index (χ3v) is 10.3. The van der Waals surface area contributed by atoms with E-state index in [9.17, 15) is 10.2 Å². The van der Waals surface area contributed by atoms with Crippen LogP contribution in [0.25, 0.3) is 0 Å². The fourth-order valence-electron chi connectivity index (χ4n) is 8.02. The maximum Gasteiger partial charge on any atom is 0.141 e. The van der Waals surface area contributed by atoms with Gasteiger partial charge in [0.25, 0.3) is 0 Å². The molecule has 6 unspecified atom stereocenters. The van der Waals surface area contributed by atoms with Crippen LogP contribution in [0.3, 0.4) is 0 Å². The average molecular weight is 501 g/mol.